The molecule has 0 bridgehead atoms. The molecule has 0 amide bonds. The van der Waals surface area contributed by atoms with Crippen LogP contribution in [-0.2, 0) is 11.3 Å². The standard InChI is InChI=1S/C14H17NO/c1-9-5-11(3)14-13(6-9)10(2)7-12(15-14)8-16-4/h5-7H,8H2,1-4H3. The molecule has 0 aliphatic rings. The molecule has 0 fully saturated rings. The number of aromatic nitrogens is 1. The highest BCUT2D eigenvalue weighted by Gasteiger charge is 2.05. The third kappa shape index (κ3) is 1.93. The summed E-state index contributed by atoms with van der Waals surface area (Å²) in [6.45, 7) is 6.93. The first kappa shape index (κ1) is 11.1. The number of rotatable bonds is 2. The van der Waals surface area contributed by atoms with E-state index in [0.29, 0.717) is 6.61 Å². The Morgan fingerprint density at radius 2 is 1.81 bits per heavy atom. The van der Waals surface area contributed by atoms with Crippen molar-refractivity contribution in [2.24, 2.45) is 0 Å². The molecule has 0 aliphatic carbocycles. The summed E-state index contributed by atoms with van der Waals surface area (Å²) in [4.78, 5) is 4.64. The van der Waals surface area contributed by atoms with E-state index in [1.54, 1.807) is 7.11 Å². The lowest BCUT2D eigenvalue weighted by Gasteiger charge is -2.09. The third-order valence-corrected chi connectivity index (χ3v) is 2.80. The van der Waals surface area contributed by atoms with E-state index >= 15 is 0 Å². The first-order chi connectivity index (χ1) is 7.61. The molecular formula is C14H17NO. The predicted molar refractivity (Wildman–Crippen MR) is 66.7 cm³/mol. The molecule has 0 aliphatic heterocycles. The van der Waals surface area contributed by atoms with E-state index in [2.05, 4.69) is 44.0 Å². The lowest BCUT2D eigenvalue weighted by molar-refractivity contribution is 0.182. The highest BCUT2D eigenvalue weighted by molar-refractivity contribution is 5.85. The number of pyridine rings is 1. The molecule has 2 nitrogen and oxygen atoms in total. The highest BCUT2D eigenvalue weighted by Crippen LogP contribution is 2.23. The lowest BCUT2D eigenvalue weighted by atomic mass is 10.0. The summed E-state index contributed by atoms with van der Waals surface area (Å²) in [7, 11) is 1.70. The zero-order valence-corrected chi connectivity index (χ0v) is 10.3. The van der Waals surface area contributed by atoms with Crippen LogP contribution in [0, 0.1) is 20.8 Å². The number of hydrogen-bond acceptors (Lipinski definition) is 2. The van der Waals surface area contributed by atoms with E-state index in [0.717, 1.165) is 11.2 Å². The molecule has 84 valence electrons. The molecule has 0 atom stereocenters. The summed E-state index contributed by atoms with van der Waals surface area (Å²) >= 11 is 0. The molecule has 0 saturated heterocycles. The SMILES string of the molecule is COCc1cc(C)c2cc(C)cc(C)c2n1. The highest BCUT2D eigenvalue weighted by atomic mass is 16.5. The molecule has 1 aromatic carbocycles. The summed E-state index contributed by atoms with van der Waals surface area (Å²) in [5.74, 6) is 0. The van der Waals surface area contributed by atoms with Crippen LogP contribution >= 0.6 is 0 Å². The van der Waals surface area contributed by atoms with Crippen LogP contribution in [0.5, 0.6) is 0 Å². The van der Waals surface area contributed by atoms with Gasteiger partial charge in [-0.2, -0.15) is 0 Å². The Labute approximate surface area is 96.3 Å². The van der Waals surface area contributed by atoms with Gasteiger partial charge in [0.2, 0.25) is 0 Å². The van der Waals surface area contributed by atoms with Gasteiger partial charge in [-0.05, 0) is 44.0 Å². The van der Waals surface area contributed by atoms with E-state index in [1.165, 1.54) is 22.1 Å². The van der Waals surface area contributed by atoms with E-state index < -0.39 is 0 Å². The predicted octanol–water partition coefficient (Wildman–Crippen LogP) is 3.31. The fourth-order valence-electron chi connectivity index (χ4n) is 2.13. The van der Waals surface area contributed by atoms with Crippen molar-refractivity contribution in [1.82, 2.24) is 4.98 Å². The number of methoxy groups -OCH3 is 1. The van der Waals surface area contributed by atoms with Crippen molar-refractivity contribution in [2.45, 2.75) is 27.4 Å². The second-order valence-corrected chi connectivity index (χ2v) is 4.34. The normalized spacial score (nSPS) is 11.0. The Morgan fingerprint density at radius 3 is 2.50 bits per heavy atom. The molecule has 0 radical (unpaired) electrons. The maximum absolute atomic E-state index is 5.13. The summed E-state index contributed by atoms with van der Waals surface area (Å²) in [5, 5.41) is 1.25. The minimum Gasteiger partial charge on any atom is -0.378 e. The fraction of sp³-hybridized carbons (Fsp3) is 0.357. The van der Waals surface area contributed by atoms with Crippen molar-refractivity contribution >= 4 is 10.9 Å². The van der Waals surface area contributed by atoms with E-state index in [9.17, 15) is 0 Å². The van der Waals surface area contributed by atoms with Gasteiger partial charge in [0.1, 0.15) is 0 Å². The average molecular weight is 215 g/mol. The first-order valence-corrected chi connectivity index (χ1v) is 5.48. The molecule has 0 N–H and O–H groups in total. The van der Waals surface area contributed by atoms with Crippen LogP contribution in [0.4, 0.5) is 0 Å². The number of aryl methyl sites for hydroxylation is 3. The molecule has 2 aromatic rings. The van der Waals surface area contributed by atoms with Crippen LogP contribution in [0.15, 0.2) is 18.2 Å². The summed E-state index contributed by atoms with van der Waals surface area (Å²) in [6, 6.07) is 6.47. The lowest BCUT2D eigenvalue weighted by Crippen LogP contribution is -1.96. The molecule has 0 spiro atoms. The zero-order chi connectivity index (χ0) is 11.7. The van der Waals surface area contributed by atoms with Crippen molar-refractivity contribution in [3.8, 4) is 0 Å². The third-order valence-electron chi connectivity index (χ3n) is 2.80. The smallest absolute Gasteiger partial charge is 0.0884 e. The van der Waals surface area contributed by atoms with Crippen molar-refractivity contribution < 1.29 is 4.74 Å². The molecule has 1 aromatic heterocycles. The van der Waals surface area contributed by atoms with Crippen molar-refractivity contribution in [3.05, 3.63) is 40.6 Å². The van der Waals surface area contributed by atoms with Gasteiger partial charge in [-0.25, -0.2) is 0 Å². The fourth-order valence-corrected chi connectivity index (χ4v) is 2.13. The Morgan fingerprint density at radius 1 is 1.06 bits per heavy atom. The Hall–Kier alpha value is -1.41. The second-order valence-electron chi connectivity index (χ2n) is 4.34. The van der Waals surface area contributed by atoms with Crippen LogP contribution < -0.4 is 0 Å². The van der Waals surface area contributed by atoms with Crippen molar-refractivity contribution in [1.29, 1.82) is 0 Å². The van der Waals surface area contributed by atoms with E-state index in [1.807, 2.05) is 0 Å². The van der Waals surface area contributed by atoms with Crippen LogP contribution in [-0.4, -0.2) is 12.1 Å². The quantitative estimate of drug-likeness (QED) is 0.766. The van der Waals surface area contributed by atoms with Crippen LogP contribution in [0.25, 0.3) is 10.9 Å². The van der Waals surface area contributed by atoms with Gasteiger partial charge >= 0.3 is 0 Å². The van der Waals surface area contributed by atoms with Crippen LogP contribution in [0.2, 0.25) is 0 Å². The zero-order valence-electron chi connectivity index (χ0n) is 10.3. The summed E-state index contributed by atoms with van der Waals surface area (Å²) in [5.41, 5.74) is 5.88. The Kier molecular flexibility index (Phi) is 2.92. The molecule has 16 heavy (non-hydrogen) atoms. The summed E-state index contributed by atoms with van der Waals surface area (Å²) < 4.78 is 5.13. The number of fused-ring (bicyclic) bond motifs is 1. The van der Waals surface area contributed by atoms with Gasteiger partial charge in [-0.1, -0.05) is 11.6 Å². The molecule has 1 heterocycles. The Balaban J connectivity index is 2.71. The van der Waals surface area contributed by atoms with E-state index in [-0.39, 0.29) is 0 Å². The minimum atomic E-state index is 0.574. The molecule has 2 heteroatoms. The topological polar surface area (TPSA) is 22.1 Å². The van der Waals surface area contributed by atoms with Gasteiger partial charge in [-0.3, -0.25) is 4.98 Å². The molecule has 2 rings (SSSR count). The summed E-state index contributed by atoms with van der Waals surface area (Å²) in [6.07, 6.45) is 0. The van der Waals surface area contributed by atoms with Gasteiger partial charge < -0.3 is 4.74 Å². The number of benzene rings is 1. The molecular weight excluding hydrogens is 198 g/mol. The monoisotopic (exact) mass is 215 g/mol. The van der Waals surface area contributed by atoms with Gasteiger partial charge in [0.25, 0.3) is 0 Å². The number of nitrogens with zero attached hydrogens (tertiary/aromatic N) is 1. The van der Waals surface area contributed by atoms with Crippen molar-refractivity contribution in [2.75, 3.05) is 7.11 Å². The van der Waals surface area contributed by atoms with E-state index in [4.69, 9.17) is 4.74 Å². The van der Waals surface area contributed by atoms with Gasteiger partial charge in [0.15, 0.2) is 0 Å². The van der Waals surface area contributed by atoms with Crippen LogP contribution in [0.3, 0.4) is 0 Å². The largest absolute Gasteiger partial charge is 0.378 e. The second kappa shape index (κ2) is 4.22. The molecule has 0 saturated carbocycles. The van der Waals surface area contributed by atoms with Gasteiger partial charge in [0, 0.05) is 12.5 Å². The molecule has 0 unspecified atom stereocenters. The van der Waals surface area contributed by atoms with Gasteiger partial charge in [0.05, 0.1) is 17.8 Å². The number of hydrogen-bond donors (Lipinski definition) is 0. The maximum atomic E-state index is 5.13. The Bertz CT molecular complexity index is 532. The van der Waals surface area contributed by atoms with Crippen LogP contribution in [0.1, 0.15) is 22.4 Å². The minimum absolute atomic E-state index is 0.574. The number of ether oxygens (including phenoxy) is 1. The van der Waals surface area contributed by atoms with Gasteiger partial charge in [-0.15, -0.1) is 0 Å². The average Bonchev–Trinajstić information content (AvgIpc) is 2.20. The first-order valence-electron chi connectivity index (χ1n) is 5.48. The maximum Gasteiger partial charge on any atom is 0.0884 e. The van der Waals surface area contributed by atoms with Crippen molar-refractivity contribution in [3.63, 3.8) is 0 Å².